The number of amides is 1. The molecule has 126 valence electrons. The standard InChI is InChI=1S/C18H20ClN3O2/c19-14-5-2-1-4-13(14)15-10-20-17(21-15)16-6-3-8-22(16)18(23)12-7-9-24-11-12/h1-2,4-5,10,12,16H,3,6-9,11H2,(H,20,21)/t12-,16-/m1/s1. The van der Waals surface area contributed by atoms with E-state index >= 15 is 0 Å². The highest BCUT2D eigenvalue weighted by Crippen LogP contribution is 2.34. The van der Waals surface area contributed by atoms with Gasteiger partial charge in [-0.1, -0.05) is 29.8 Å². The van der Waals surface area contributed by atoms with Crippen molar-refractivity contribution in [1.82, 2.24) is 14.9 Å². The van der Waals surface area contributed by atoms with Crippen molar-refractivity contribution in [3.63, 3.8) is 0 Å². The van der Waals surface area contributed by atoms with E-state index in [1.54, 1.807) is 6.20 Å². The zero-order valence-electron chi connectivity index (χ0n) is 13.4. The van der Waals surface area contributed by atoms with Gasteiger partial charge in [-0.2, -0.15) is 0 Å². The van der Waals surface area contributed by atoms with Gasteiger partial charge in [0.1, 0.15) is 5.82 Å². The SMILES string of the molecule is O=C([C@@H]1CCOC1)N1CCC[C@@H]1c1ncc(-c2ccccc2Cl)[nH]1. The molecule has 4 rings (SSSR count). The molecule has 1 aromatic heterocycles. The quantitative estimate of drug-likeness (QED) is 0.927. The van der Waals surface area contributed by atoms with Crippen molar-refractivity contribution >= 4 is 17.5 Å². The lowest BCUT2D eigenvalue weighted by Gasteiger charge is -2.25. The Morgan fingerprint density at radius 3 is 3.00 bits per heavy atom. The molecule has 1 aromatic carbocycles. The largest absolute Gasteiger partial charge is 0.381 e. The van der Waals surface area contributed by atoms with E-state index in [0.29, 0.717) is 18.2 Å². The predicted octanol–water partition coefficient (Wildman–Crippen LogP) is 3.43. The number of likely N-dealkylation sites (tertiary alicyclic amines) is 1. The molecule has 2 atom stereocenters. The van der Waals surface area contributed by atoms with Crippen molar-refractivity contribution < 1.29 is 9.53 Å². The Morgan fingerprint density at radius 1 is 1.33 bits per heavy atom. The second kappa shape index (κ2) is 6.57. The minimum Gasteiger partial charge on any atom is -0.381 e. The van der Waals surface area contributed by atoms with E-state index in [-0.39, 0.29) is 17.9 Å². The third-order valence-corrected chi connectivity index (χ3v) is 5.22. The highest BCUT2D eigenvalue weighted by molar-refractivity contribution is 6.33. The summed E-state index contributed by atoms with van der Waals surface area (Å²) in [6, 6.07) is 7.71. The maximum atomic E-state index is 12.7. The molecule has 0 unspecified atom stereocenters. The van der Waals surface area contributed by atoms with Crippen LogP contribution in [0, 0.1) is 5.92 Å². The van der Waals surface area contributed by atoms with Gasteiger partial charge in [-0.05, 0) is 25.3 Å². The van der Waals surface area contributed by atoms with Gasteiger partial charge in [0.2, 0.25) is 5.91 Å². The van der Waals surface area contributed by atoms with Crippen molar-refractivity contribution in [2.45, 2.75) is 25.3 Å². The summed E-state index contributed by atoms with van der Waals surface area (Å²) in [5, 5.41) is 0.690. The number of nitrogens with zero attached hydrogens (tertiary/aromatic N) is 2. The van der Waals surface area contributed by atoms with Crippen LogP contribution in [0.3, 0.4) is 0 Å². The molecule has 0 bridgehead atoms. The van der Waals surface area contributed by atoms with E-state index in [4.69, 9.17) is 16.3 Å². The first-order chi connectivity index (χ1) is 11.7. The first-order valence-electron chi connectivity index (χ1n) is 8.42. The second-order valence-electron chi connectivity index (χ2n) is 6.41. The summed E-state index contributed by atoms with van der Waals surface area (Å²) < 4.78 is 5.37. The number of benzene rings is 1. The number of carbonyl (C=O) groups excluding carboxylic acids is 1. The molecule has 2 aliphatic rings. The Morgan fingerprint density at radius 2 is 2.21 bits per heavy atom. The van der Waals surface area contributed by atoms with Crippen molar-refractivity contribution in [2.24, 2.45) is 5.92 Å². The second-order valence-corrected chi connectivity index (χ2v) is 6.82. The molecule has 2 aliphatic heterocycles. The summed E-state index contributed by atoms with van der Waals surface area (Å²) in [5.74, 6) is 1.05. The molecule has 0 aliphatic carbocycles. The minimum atomic E-state index is 0.00333. The van der Waals surface area contributed by atoms with E-state index in [0.717, 1.165) is 42.9 Å². The zero-order valence-corrected chi connectivity index (χ0v) is 14.1. The minimum absolute atomic E-state index is 0.00333. The van der Waals surface area contributed by atoms with Crippen LogP contribution in [0.2, 0.25) is 5.02 Å². The summed E-state index contributed by atoms with van der Waals surface area (Å²) >= 11 is 6.27. The molecule has 0 saturated carbocycles. The van der Waals surface area contributed by atoms with Gasteiger partial charge in [0.25, 0.3) is 0 Å². The summed E-state index contributed by atoms with van der Waals surface area (Å²) in [6.07, 6.45) is 4.57. The van der Waals surface area contributed by atoms with Crippen LogP contribution in [0.15, 0.2) is 30.5 Å². The van der Waals surface area contributed by atoms with Crippen LogP contribution in [0.4, 0.5) is 0 Å². The van der Waals surface area contributed by atoms with Crippen molar-refractivity contribution in [1.29, 1.82) is 0 Å². The third kappa shape index (κ3) is 2.82. The van der Waals surface area contributed by atoms with Crippen LogP contribution in [-0.2, 0) is 9.53 Å². The normalized spacial score (nSPS) is 23.8. The Labute approximate surface area is 146 Å². The fraction of sp³-hybridized carbons (Fsp3) is 0.444. The number of nitrogens with one attached hydrogen (secondary N) is 1. The zero-order chi connectivity index (χ0) is 16.5. The van der Waals surface area contributed by atoms with Crippen molar-refractivity contribution in [3.8, 4) is 11.3 Å². The Balaban J connectivity index is 1.57. The van der Waals surface area contributed by atoms with Gasteiger partial charge in [-0.15, -0.1) is 0 Å². The number of aromatic nitrogens is 2. The number of halogens is 1. The molecule has 5 nitrogen and oxygen atoms in total. The van der Waals surface area contributed by atoms with Crippen LogP contribution in [0.1, 0.15) is 31.1 Å². The summed E-state index contributed by atoms with van der Waals surface area (Å²) in [7, 11) is 0. The van der Waals surface area contributed by atoms with Crippen molar-refractivity contribution in [2.75, 3.05) is 19.8 Å². The molecular weight excluding hydrogens is 326 g/mol. The maximum absolute atomic E-state index is 12.7. The smallest absolute Gasteiger partial charge is 0.228 e. The Kier molecular flexibility index (Phi) is 4.29. The third-order valence-electron chi connectivity index (χ3n) is 4.89. The molecule has 2 fully saturated rings. The van der Waals surface area contributed by atoms with Crippen LogP contribution < -0.4 is 0 Å². The molecule has 1 N–H and O–H groups in total. The first kappa shape index (κ1) is 15.7. The van der Waals surface area contributed by atoms with Crippen LogP contribution in [-0.4, -0.2) is 40.5 Å². The highest BCUT2D eigenvalue weighted by atomic mass is 35.5. The van der Waals surface area contributed by atoms with Gasteiger partial charge in [-0.25, -0.2) is 4.98 Å². The lowest BCUT2D eigenvalue weighted by molar-refractivity contribution is -0.136. The lowest BCUT2D eigenvalue weighted by Crippen LogP contribution is -2.36. The lowest BCUT2D eigenvalue weighted by atomic mass is 10.1. The van der Waals surface area contributed by atoms with Crippen molar-refractivity contribution in [3.05, 3.63) is 41.3 Å². The average molecular weight is 346 g/mol. The molecule has 6 heteroatoms. The molecule has 24 heavy (non-hydrogen) atoms. The average Bonchev–Trinajstić information content (AvgIpc) is 3.34. The number of hydrogen-bond acceptors (Lipinski definition) is 3. The van der Waals surface area contributed by atoms with Crippen LogP contribution >= 0.6 is 11.6 Å². The van der Waals surface area contributed by atoms with Gasteiger partial charge >= 0.3 is 0 Å². The van der Waals surface area contributed by atoms with E-state index < -0.39 is 0 Å². The van der Waals surface area contributed by atoms with E-state index in [1.807, 2.05) is 29.2 Å². The fourth-order valence-electron chi connectivity index (χ4n) is 3.60. The van der Waals surface area contributed by atoms with Crippen LogP contribution in [0.25, 0.3) is 11.3 Å². The molecule has 1 amide bonds. The first-order valence-corrected chi connectivity index (χ1v) is 8.80. The fourth-order valence-corrected chi connectivity index (χ4v) is 3.84. The summed E-state index contributed by atoms with van der Waals surface area (Å²) in [5.41, 5.74) is 1.82. The van der Waals surface area contributed by atoms with Crippen LogP contribution in [0.5, 0.6) is 0 Å². The Hall–Kier alpha value is -1.85. The van der Waals surface area contributed by atoms with E-state index in [9.17, 15) is 4.79 Å². The number of hydrogen-bond donors (Lipinski definition) is 1. The summed E-state index contributed by atoms with van der Waals surface area (Å²) in [6.45, 7) is 2.03. The number of carbonyl (C=O) groups is 1. The molecule has 2 aromatic rings. The maximum Gasteiger partial charge on any atom is 0.228 e. The summed E-state index contributed by atoms with van der Waals surface area (Å²) in [4.78, 5) is 22.6. The van der Waals surface area contributed by atoms with Gasteiger partial charge in [-0.3, -0.25) is 4.79 Å². The number of H-pyrrole nitrogens is 1. The number of ether oxygens (including phenoxy) is 1. The number of rotatable bonds is 3. The van der Waals surface area contributed by atoms with Gasteiger partial charge in [0.15, 0.2) is 0 Å². The topological polar surface area (TPSA) is 58.2 Å². The molecule has 0 spiro atoms. The Bertz CT molecular complexity index is 739. The molecule has 3 heterocycles. The molecular formula is C18H20ClN3O2. The van der Waals surface area contributed by atoms with E-state index in [2.05, 4.69) is 9.97 Å². The highest BCUT2D eigenvalue weighted by Gasteiger charge is 2.36. The van der Waals surface area contributed by atoms with Gasteiger partial charge in [0.05, 0.1) is 30.5 Å². The number of imidazole rings is 1. The number of aromatic amines is 1. The van der Waals surface area contributed by atoms with E-state index in [1.165, 1.54) is 0 Å². The predicted molar refractivity (Wildman–Crippen MR) is 91.6 cm³/mol. The van der Waals surface area contributed by atoms with Gasteiger partial charge < -0.3 is 14.6 Å². The molecule has 2 saturated heterocycles. The van der Waals surface area contributed by atoms with Gasteiger partial charge in [0, 0.05) is 23.7 Å². The monoisotopic (exact) mass is 345 g/mol. The molecule has 0 radical (unpaired) electrons.